The fourth-order valence-electron chi connectivity index (χ4n) is 2.34. The molecule has 2 rings (SSSR count). The van der Waals surface area contributed by atoms with Crippen molar-refractivity contribution < 1.29 is 18.0 Å². The van der Waals surface area contributed by atoms with Gasteiger partial charge in [-0.1, -0.05) is 0 Å². The van der Waals surface area contributed by atoms with Gasteiger partial charge < -0.3 is 10.6 Å². The maximum atomic E-state index is 12.2. The molecule has 7 heteroatoms. The molecule has 2 aliphatic rings. The van der Waals surface area contributed by atoms with Crippen molar-refractivity contribution in [1.82, 2.24) is 15.5 Å². The first-order chi connectivity index (χ1) is 8.44. The van der Waals surface area contributed by atoms with Crippen LogP contribution in [0.3, 0.4) is 0 Å². The van der Waals surface area contributed by atoms with Crippen LogP contribution >= 0.6 is 0 Å². The zero-order valence-corrected chi connectivity index (χ0v) is 10.1. The number of rotatable bonds is 4. The molecule has 0 bridgehead atoms. The molecule has 2 fully saturated rings. The Kier molecular flexibility index (Phi) is 4.11. The van der Waals surface area contributed by atoms with Crippen LogP contribution < -0.4 is 10.6 Å². The van der Waals surface area contributed by atoms with E-state index in [1.54, 1.807) is 0 Å². The summed E-state index contributed by atoms with van der Waals surface area (Å²) in [5.41, 5.74) is 0. The van der Waals surface area contributed by atoms with Gasteiger partial charge >= 0.3 is 6.18 Å². The fraction of sp³-hybridized carbons (Fsp3) is 0.909. The molecule has 2 aliphatic heterocycles. The highest BCUT2D eigenvalue weighted by atomic mass is 19.4. The molecule has 2 N–H and O–H groups in total. The second-order valence-corrected chi connectivity index (χ2v) is 5.11. The Morgan fingerprint density at radius 1 is 1.39 bits per heavy atom. The Hall–Kier alpha value is -0.820. The number of amides is 1. The summed E-state index contributed by atoms with van der Waals surface area (Å²) in [5, 5.41) is 5.83. The molecule has 1 amide bonds. The van der Waals surface area contributed by atoms with Gasteiger partial charge in [-0.2, -0.15) is 13.2 Å². The summed E-state index contributed by atoms with van der Waals surface area (Å²) in [4.78, 5) is 13.0. The molecule has 0 radical (unpaired) electrons. The number of alkyl halides is 3. The number of nitrogens with zero attached hydrogens (tertiary/aromatic N) is 1. The Bertz CT molecular complexity index is 304. The first-order valence-corrected chi connectivity index (χ1v) is 6.21. The first-order valence-electron chi connectivity index (χ1n) is 6.21. The minimum Gasteiger partial charge on any atom is -0.355 e. The highest BCUT2D eigenvalue weighted by Gasteiger charge is 2.34. The van der Waals surface area contributed by atoms with E-state index in [0.717, 1.165) is 6.42 Å². The van der Waals surface area contributed by atoms with Gasteiger partial charge in [0.05, 0.1) is 12.5 Å². The van der Waals surface area contributed by atoms with E-state index >= 15 is 0 Å². The maximum absolute atomic E-state index is 12.2. The van der Waals surface area contributed by atoms with Gasteiger partial charge in [0.25, 0.3) is 0 Å². The molecule has 104 valence electrons. The predicted octanol–water partition coefficient (Wildman–Crippen LogP) is 0.206. The van der Waals surface area contributed by atoms with Gasteiger partial charge in [0.15, 0.2) is 0 Å². The zero-order valence-electron chi connectivity index (χ0n) is 10.1. The molecule has 2 saturated heterocycles. The van der Waals surface area contributed by atoms with Gasteiger partial charge in [-0.25, -0.2) is 0 Å². The highest BCUT2D eigenvalue weighted by molar-refractivity contribution is 5.79. The van der Waals surface area contributed by atoms with Crippen LogP contribution in [0.25, 0.3) is 0 Å². The van der Waals surface area contributed by atoms with E-state index in [0.29, 0.717) is 32.7 Å². The summed E-state index contributed by atoms with van der Waals surface area (Å²) in [5.74, 6) is 0.199. The first kappa shape index (κ1) is 13.6. The normalized spacial score (nSPS) is 26.1. The van der Waals surface area contributed by atoms with Crippen molar-refractivity contribution in [2.75, 3.05) is 39.3 Å². The number of hydrogen-bond acceptors (Lipinski definition) is 3. The van der Waals surface area contributed by atoms with E-state index in [-0.39, 0.29) is 17.7 Å². The van der Waals surface area contributed by atoms with Gasteiger partial charge in [-0.15, -0.1) is 0 Å². The van der Waals surface area contributed by atoms with Crippen molar-refractivity contribution in [3.8, 4) is 0 Å². The highest BCUT2D eigenvalue weighted by Crippen LogP contribution is 2.22. The van der Waals surface area contributed by atoms with Crippen LogP contribution in [-0.4, -0.2) is 56.3 Å². The maximum Gasteiger partial charge on any atom is 0.401 e. The average molecular weight is 265 g/mol. The molecule has 0 aromatic heterocycles. The van der Waals surface area contributed by atoms with Crippen LogP contribution in [-0.2, 0) is 4.79 Å². The number of carbonyl (C=O) groups excluding carboxylic acids is 1. The van der Waals surface area contributed by atoms with Crippen molar-refractivity contribution in [3.05, 3.63) is 0 Å². The van der Waals surface area contributed by atoms with E-state index < -0.39 is 12.7 Å². The summed E-state index contributed by atoms with van der Waals surface area (Å²) in [6.07, 6.45) is -3.41. The molecule has 0 spiro atoms. The van der Waals surface area contributed by atoms with Crippen molar-refractivity contribution in [3.63, 3.8) is 0 Å². The van der Waals surface area contributed by atoms with E-state index in [4.69, 9.17) is 0 Å². The number of nitrogens with one attached hydrogen (secondary N) is 2. The molecular formula is C11H18F3N3O. The molecule has 1 unspecified atom stereocenters. The summed E-state index contributed by atoms with van der Waals surface area (Å²) < 4.78 is 36.6. The zero-order chi connectivity index (χ0) is 13.2. The second kappa shape index (κ2) is 5.44. The van der Waals surface area contributed by atoms with Gasteiger partial charge in [0, 0.05) is 26.2 Å². The molecule has 0 saturated carbocycles. The lowest BCUT2D eigenvalue weighted by atomic mass is 10.0. The van der Waals surface area contributed by atoms with Crippen LogP contribution in [0.4, 0.5) is 13.2 Å². The standard InChI is InChI=1S/C11H18F3N3O/c12-11(13,14)7-17-2-1-8(6-17)3-16-10(18)9-4-15-5-9/h8-9,15H,1-7H2,(H,16,18). The third kappa shape index (κ3) is 3.84. The number of carbonyl (C=O) groups is 1. The third-order valence-electron chi connectivity index (χ3n) is 3.49. The van der Waals surface area contributed by atoms with Crippen molar-refractivity contribution in [1.29, 1.82) is 0 Å². The van der Waals surface area contributed by atoms with Crippen molar-refractivity contribution in [2.24, 2.45) is 11.8 Å². The largest absolute Gasteiger partial charge is 0.401 e. The fourth-order valence-corrected chi connectivity index (χ4v) is 2.34. The molecule has 0 aromatic rings. The second-order valence-electron chi connectivity index (χ2n) is 5.11. The molecule has 0 aliphatic carbocycles. The Balaban J connectivity index is 1.64. The molecule has 18 heavy (non-hydrogen) atoms. The Morgan fingerprint density at radius 2 is 2.11 bits per heavy atom. The number of likely N-dealkylation sites (tertiary alicyclic amines) is 1. The minimum absolute atomic E-state index is 0.0167. The van der Waals surface area contributed by atoms with Gasteiger partial charge in [-0.3, -0.25) is 9.69 Å². The Morgan fingerprint density at radius 3 is 2.67 bits per heavy atom. The summed E-state index contributed by atoms with van der Waals surface area (Å²) >= 11 is 0. The lowest BCUT2D eigenvalue weighted by Gasteiger charge is -2.26. The smallest absolute Gasteiger partial charge is 0.355 e. The van der Waals surface area contributed by atoms with E-state index in [1.807, 2.05) is 0 Å². The van der Waals surface area contributed by atoms with E-state index in [2.05, 4.69) is 10.6 Å². The summed E-state index contributed by atoms with van der Waals surface area (Å²) in [7, 11) is 0. The monoisotopic (exact) mass is 265 g/mol. The lowest BCUT2D eigenvalue weighted by Crippen LogP contribution is -2.51. The van der Waals surface area contributed by atoms with E-state index in [1.165, 1.54) is 4.90 Å². The van der Waals surface area contributed by atoms with Crippen LogP contribution in [0, 0.1) is 11.8 Å². The van der Waals surface area contributed by atoms with Gasteiger partial charge in [0.2, 0.25) is 5.91 Å². The van der Waals surface area contributed by atoms with Gasteiger partial charge in [0.1, 0.15) is 0 Å². The van der Waals surface area contributed by atoms with Gasteiger partial charge in [-0.05, 0) is 18.9 Å². The summed E-state index contributed by atoms with van der Waals surface area (Å²) in [6.45, 7) is 1.94. The minimum atomic E-state index is -4.13. The quantitative estimate of drug-likeness (QED) is 0.763. The predicted molar refractivity (Wildman–Crippen MR) is 60.0 cm³/mol. The molecule has 1 atom stereocenters. The number of hydrogen-bond donors (Lipinski definition) is 2. The molecular weight excluding hydrogens is 247 g/mol. The van der Waals surface area contributed by atoms with Crippen LogP contribution in [0.15, 0.2) is 0 Å². The molecule has 0 aromatic carbocycles. The van der Waals surface area contributed by atoms with Crippen LogP contribution in [0.2, 0.25) is 0 Å². The molecule has 2 heterocycles. The third-order valence-corrected chi connectivity index (χ3v) is 3.49. The number of halogens is 3. The van der Waals surface area contributed by atoms with Crippen LogP contribution in [0.1, 0.15) is 6.42 Å². The lowest BCUT2D eigenvalue weighted by molar-refractivity contribution is -0.143. The van der Waals surface area contributed by atoms with Crippen LogP contribution in [0.5, 0.6) is 0 Å². The van der Waals surface area contributed by atoms with E-state index in [9.17, 15) is 18.0 Å². The summed E-state index contributed by atoms with van der Waals surface area (Å²) in [6, 6.07) is 0. The average Bonchev–Trinajstić information content (AvgIpc) is 2.57. The SMILES string of the molecule is O=C(NCC1CCN(CC(F)(F)F)C1)C1CNC1. The Labute approximate surface area is 104 Å². The molecule has 4 nitrogen and oxygen atoms in total. The topological polar surface area (TPSA) is 44.4 Å². The van der Waals surface area contributed by atoms with Crippen molar-refractivity contribution >= 4 is 5.91 Å². The van der Waals surface area contributed by atoms with Crippen molar-refractivity contribution in [2.45, 2.75) is 12.6 Å².